The number of nitrogens with zero attached hydrogens (tertiary/aromatic N) is 1. The van der Waals surface area contributed by atoms with Gasteiger partial charge in [-0.1, -0.05) is 48.5 Å². The van der Waals surface area contributed by atoms with Crippen LogP contribution in [0.4, 0.5) is 4.39 Å². The van der Waals surface area contributed by atoms with Crippen LogP contribution >= 0.6 is 0 Å². The predicted molar refractivity (Wildman–Crippen MR) is 100.0 cm³/mol. The Kier molecular flexibility index (Phi) is 4.44. The highest BCUT2D eigenvalue weighted by atomic mass is 19.1. The predicted octanol–water partition coefficient (Wildman–Crippen LogP) is 4.97. The number of H-pyrrole nitrogens is 1. The summed E-state index contributed by atoms with van der Waals surface area (Å²) in [7, 11) is 0. The first-order chi connectivity index (χ1) is 12.3. The number of fused-ring (bicyclic) bond motifs is 2. The Labute approximate surface area is 145 Å². The standard InChI is InChI=1S/C11H12FN3.C10H8/c12-7-3-4-8-10(6-7)15-11(14-8)9-2-1-5-13-9;1-2-6-10-8-4-3-7-9(10)5-1/h3-4,6,9,13H,1-2,5H2,(H,14,15);1-8H/t9-;/m0./s1. The third-order valence-corrected chi connectivity index (χ3v) is 4.51. The molecule has 1 atom stereocenters. The fraction of sp³-hybridized carbons (Fsp3) is 0.190. The molecule has 1 aliphatic heterocycles. The van der Waals surface area contributed by atoms with Gasteiger partial charge in [0.2, 0.25) is 0 Å². The van der Waals surface area contributed by atoms with Crippen LogP contribution in [0.1, 0.15) is 24.7 Å². The van der Waals surface area contributed by atoms with E-state index in [9.17, 15) is 4.39 Å². The molecule has 0 saturated carbocycles. The monoisotopic (exact) mass is 333 g/mol. The summed E-state index contributed by atoms with van der Waals surface area (Å²) in [6, 6.07) is 21.7. The quantitative estimate of drug-likeness (QED) is 0.516. The highest BCUT2D eigenvalue weighted by Crippen LogP contribution is 2.23. The molecule has 126 valence electrons. The van der Waals surface area contributed by atoms with Crippen LogP contribution in [-0.2, 0) is 0 Å². The number of benzene rings is 3. The van der Waals surface area contributed by atoms with E-state index < -0.39 is 0 Å². The molecule has 2 heterocycles. The molecule has 4 heteroatoms. The van der Waals surface area contributed by atoms with Gasteiger partial charge in [-0.3, -0.25) is 0 Å². The summed E-state index contributed by atoms with van der Waals surface area (Å²) < 4.78 is 13.0. The summed E-state index contributed by atoms with van der Waals surface area (Å²) in [4.78, 5) is 7.62. The first kappa shape index (κ1) is 15.8. The third kappa shape index (κ3) is 3.54. The zero-order valence-electron chi connectivity index (χ0n) is 13.9. The van der Waals surface area contributed by atoms with E-state index in [1.165, 1.54) is 29.3 Å². The molecule has 1 aromatic heterocycles. The summed E-state index contributed by atoms with van der Waals surface area (Å²) in [5.74, 6) is 0.699. The molecule has 2 N–H and O–H groups in total. The largest absolute Gasteiger partial charge is 0.341 e. The van der Waals surface area contributed by atoms with E-state index in [-0.39, 0.29) is 5.82 Å². The Balaban J connectivity index is 0.000000136. The lowest BCUT2D eigenvalue weighted by Crippen LogP contribution is -2.13. The number of aromatic amines is 1. The van der Waals surface area contributed by atoms with Crippen molar-refractivity contribution in [1.29, 1.82) is 0 Å². The summed E-state index contributed by atoms with van der Waals surface area (Å²) >= 11 is 0. The van der Waals surface area contributed by atoms with Crippen molar-refractivity contribution >= 4 is 21.8 Å². The zero-order chi connectivity index (χ0) is 17.1. The molecule has 3 aromatic carbocycles. The molecule has 1 aliphatic rings. The Morgan fingerprint density at radius 2 is 1.60 bits per heavy atom. The van der Waals surface area contributed by atoms with E-state index in [1.54, 1.807) is 6.07 Å². The molecule has 25 heavy (non-hydrogen) atoms. The minimum Gasteiger partial charge on any atom is -0.341 e. The van der Waals surface area contributed by atoms with Crippen LogP contribution in [0, 0.1) is 5.82 Å². The summed E-state index contributed by atoms with van der Waals surface area (Å²) in [6.07, 6.45) is 2.28. The second kappa shape index (κ2) is 7.03. The van der Waals surface area contributed by atoms with Gasteiger partial charge in [-0.05, 0) is 48.4 Å². The molecule has 0 aliphatic carbocycles. The number of hydrogen-bond donors (Lipinski definition) is 2. The fourth-order valence-corrected chi connectivity index (χ4v) is 3.22. The summed E-state index contributed by atoms with van der Waals surface area (Å²) in [5.41, 5.74) is 1.61. The Morgan fingerprint density at radius 3 is 2.20 bits per heavy atom. The van der Waals surface area contributed by atoms with Crippen LogP contribution in [0.15, 0.2) is 66.7 Å². The second-order valence-electron chi connectivity index (χ2n) is 6.28. The van der Waals surface area contributed by atoms with E-state index in [1.807, 2.05) is 0 Å². The molecule has 0 bridgehead atoms. The highest BCUT2D eigenvalue weighted by Gasteiger charge is 2.19. The molecule has 0 radical (unpaired) electrons. The van der Waals surface area contributed by atoms with Crippen molar-refractivity contribution < 1.29 is 4.39 Å². The molecule has 1 saturated heterocycles. The molecule has 0 spiro atoms. The van der Waals surface area contributed by atoms with Crippen LogP contribution in [0.3, 0.4) is 0 Å². The van der Waals surface area contributed by atoms with E-state index in [0.717, 1.165) is 29.8 Å². The van der Waals surface area contributed by atoms with Gasteiger partial charge in [0.1, 0.15) is 11.6 Å². The zero-order valence-corrected chi connectivity index (χ0v) is 13.9. The van der Waals surface area contributed by atoms with Crippen LogP contribution in [0.25, 0.3) is 21.8 Å². The number of aromatic nitrogens is 2. The fourth-order valence-electron chi connectivity index (χ4n) is 3.22. The molecule has 1 fully saturated rings. The molecule has 4 aromatic rings. The lowest BCUT2D eigenvalue weighted by molar-refractivity contribution is 0.614. The van der Waals surface area contributed by atoms with Crippen molar-refractivity contribution in [2.24, 2.45) is 0 Å². The summed E-state index contributed by atoms with van der Waals surface area (Å²) in [6.45, 7) is 1.04. The lowest BCUT2D eigenvalue weighted by Gasteiger charge is -2.04. The van der Waals surface area contributed by atoms with Gasteiger partial charge in [0.05, 0.1) is 17.1 Å². The Morgan fingerprint density at radius 1 is 0.920 bits per heavy atom. The van der Waals surface area contributed by atoms with Crippen molar-refractivity contribution in [2.75, 3.05) is 6.54 Å². The van der Waals surface area contributed by atoms with Crippen LogP contribution in [0.2, 0.25) is 0 Å². The van der Waals surface area contributed by atoms with Gasteiger partial charge in [0, 0.05) is 0 Å². The van der Waals surface area contributed by atoms with E-state index >= 15 is 0 Å². The number of halogens is 1. The van der Waals surface area contributed by atoms with Gasteiger partial charge in [-0.25, -0.2) is 9.37 Å². The first-order valence-electron chi connectivity index (χ1n) is 8.62. The van der Waals surface area contributed by atoms with Crippen LogP contribution < -0.4 is 5.32 Å². The average molecular weight is 333 g/mol. The minimum absolute atomic E-state index is 0.225. The van der Waals surface area contributed by atoms with Crippen molar-refractivity contribution in [3.8, 4) is 0 Å². The van der Waals surface area contributed by atoms with Crippen molar-refractivity contribution in [3.05, 3.63) is 78.4 Å². The molecule has 0 amide bonds. The smallest absolute Gasteiger partial charge is 0.125 e. The van der Waals surface area contributed by atoms with Gasteiger partial charge >= 0.3 is 0 Å². The SMILES string of the molecule is Fc1ccc2nc([C@@H]3CCCN3)[nH]c2c1.c1ccc2ccccc2c1. The maximum atomic E-state index is 13.0. The maximum absolute atomic E-state index is 13.0. The normalized spacial score (nSPS) is 16.8. The molecular weight excluding hydrogens is 313 g/mol. The second-order valence-corrected chi connectivity index (χ2v) is 6.28. The number of rotatable bonds is 1. The van der Waals surface area contributed by atoms with Crippen molar-refractivity contribution in [2.45, 2.75) is 18.9 Å². The number of nitrogens with one attached hydrogen (secondary N) is 2. The first-order valence-corrected chi connectivity index (χ1v) is 8.62. The number of imidazole rings is 1. The van der Waals surface area contributed by atoms with Crippen molar-refractivity contribution in [3.63, 3.8) is 0 Å². The lowest BCUT2D eigenvalue weighted by atomic mass is 10.1. The van der Waals surface area contributed by atoms with Gasteiger partial charge < -0.3 is 10.3 Å². The minimum atomic E-state index is -0.225. The van der Waals surface area contributed by atoms with Crippen LogP contribution in [-0.4, -0.2) is 16.5 Å². The average Bonchev–Trinajstić information content (AvgIpc) is 3.31. The topological polar surface area (TPSA) is 40.7 Å². The highest BCUT2D eigenvalue weighted by molar-refractivity contribution is 5.82. The molecule has 0 unspecified atom stereocenters. The molecular formula is C21H20FN3. The third-order valence-electron chi connectivity index (χ3n) is 4.51. The van der Waals surface area contributed by atoms with E-state index in [0.29, 0.717) is 6.04 Å². The van der Waals surface area contributed by atoms with Gasteiger partial charge in [0.15, 0.2) is 0 Å². The van der Waals surface area contributed by atoms with E-state index in [4.69, 9.17) is 0 Å². The van der Waals surface area contributed by atoms with E-state index in [2.05, 4.69) is 63.8 Å². The van der Waals surface area contributed by atoms with Crippen LogP contribution in [0.5, 0.6) is 0 Å². The van der Waals surface area contributed by atoms with Gasteiger partial charge in [-0.15, -0.1) is 0 Å². The summed E-state index contributed by atoms with van der Waals surface area (Å²) in [5, 5.41) is 5.98. The molecule has 5 rings (SSSR count). The maximum Gasteiger partial charge on any atom is 0.125 e. The Hall–Kier alpha value is -2.72. The van der Waals surface area contributed by atoms with Gasteiger partial charge in [-0.2, -0.15) is 0 Å². The van der Waals surface area contributed by atoms with Gasteiger partial charge in [0.25, 0.3) is 0 Å². The molecule has 3 nitrogen and oxygen atoms in total. The van der Waals surface area contributed by atoms with Crippen molar-refractivity contribution in [1.82, 2.24) is 15.3 Å². The Bertz CT molecular complexity index is 921. The number of hydrogen-bond acceptors (Lipinski definition) is 2.